The first-order valence-corrected chi connectivity index (χ1v) is 7.19. The van der Waals surface area contributed by atoms with Gasteiger partial charge in [0.15, 0.2) is 0 Å². The van der Waals surface area contributed by atoms with Gasteiger partial charge in [0.1, 0.15) is 24.0 Å². The van der Waals surface area contributed by atoms with Crippen molar-refractivity contribution in [2.75, 3.05) is 6.61 Å². The molecule has 23 heavy (non-hydrogen) atoms. The van der Waals surface area contributed by atoms with Crippen LogP contribution in [0.25, 0.3) is 0 Å². The van der Waals surface area contributed by atoms with Crippen LogP contribution in [0.5, 0.6) is 0 Å². The third-order valence-corrected chi connectivity index (χ3v) is 3.72. The Bertz CT molecular complexity index is 759. The highest BCUT2D eigenvalue weighted by Gasteiger charge is 2.37. The number of allylic oxidation sites excluding steroid dienone is 2. The second kappa shape index (κ2) is 7.03. The summed E-state index contributed by atoms with van der Waals surface area (Å²) in [5.74, 6) is -1.11. The van der Waals surface area contributed by atoms with Crippen LogP contribution in [0.3, 0.4) is 0 Å². The van der Waals surface area contributed by atoms with E-state index in [1.54, 1.807) is 31.2 Å². The Morgan fingerprint density at radius 3 is 2.87 bits per heavy atom. The summed E-state index contributed by atoms with van der Waals surface area (Å²) >= 11 is 6.25. The molecule has 1 aromatic rings. The maximum Gasteiger partial charge on any atom is 0.338 e. The normalized spacial score (nSPS) is 17.3. The molecule has 0 spiro atoms. The average Bonchev–Trinajstić information content (AvgIpc) is 2.52. The van der Waals surface area contributed by atoms with Gasteiger partial charge in [-0.15, -0.1) is 0 Å². The molecule has 2 rings (SSSR count). The molecule has 0 aliphatic carbocycles. The Kier molecular flexibility index (Phi) is 5.09. The molecule has 0 radical (unpaired) electrons. The molecule has 0 saturated heterocycles. The molecule has 1 aliphatic rings. The largest absolute Gasteiger partial charge is 0.458 e. The van der Waals surface area contributed by atoms with E-state index in [2.05, 4.69) is 6.58 Å². The molecule has 5 nitrogen and oxygen atoms in total. The molecule has 118 valence electrons. The zero-order chi connectivity index (χ0) is 17.0. The quantitative estimate of drug-likeness (QED) is 0.677. The molecule has 0 saturated carbocycles. The van der Waals surface area contributed by atoms with Gasteiger partial charge in [-0.3, -0.25) is 0 Å². The first-order chi connectivity index (χ1) is 11.0. The van der Waals surface area contributed by atoms with Crippen molar-refractivity contribution >= 4 is 17.6 Å². The zero-order valence-electron chi connectivity index (χ0n) is 12.5. The van der Waals surface area contributed by atoms with Crippen molar-refractivity contribution in [2.45, 2.75) is 12.8 Å². The van der Waals surface area contributed by atoms with Crippen molar-refractivity contribution in [3.8, 4) is 6.07 Å². The number of carbonyl (C=O) groups is 1. The lowest BCUT2D eigenvalue weighted by Gasteiger charge is -2.27. The van der Waals surface area contributed by atoms with Crippen molar-refractivity contribution in [1.82, 2.24) is 0 Å². The number of nitrogens with two attached hydrogens (primary N) is 1. The van der Waals surface area contributed by atoms with E-state index in [1.165, 1.54) is 6.08 Å². The van der Waals surface area contributed by atoms with Gasteiger partial charge < -0.3 is 15.2 Å². The lowest BCUT2D eigenvalue weighted by Crippen LogP contribution is -2.25. The number of nitrogens with zero attached hydrogens (tertiary/aromatic N) is 1. The number of ether oxygens (including phenoxy) is 2. The van der Waals surface area contributed by atoms with E-state index in [1.807, 2.05) is 6.07 Å². The Hall–Kier alpha value is -2.71. The van der Waals surface area contributed by atoms with Crippen LogP contribution in [-0.2, 0) is 14.3 Å². The summed E-state index contributed by atoms with van der Waals surface area (Å²) in [6, 6.07) is 8.94. The molecule has 1 aromatic carbocycles. The molecular formula is C17H15ClN2O3. The average molecular weight is 331 g/mol. The lowest BCUT2D eigenvalue weighted by atomic mass is 9.83. The summed E-state index contributed by atoms with van der Waals surface area (Å²) < 4.78 is 10.4. The third-order valence-electron chi connectivity index (χ3n) is 3.37. The van der Waals surface area contributed by atoms with Crippen molar-refractivity contribution in [1.29, 1.82) is 5.26 Å². The number of hydrogen-bond acceptors (Lipinski definition) is 5. The number of rotatable bonds is 4. The summed E-state index contributed by atoms with van der Waals surface area (Å²) in [4.78, 5) is 12.4. The molecule has 1 atom stereocenters. The number of hydrogen-bond donors (Lipinski definition) is 1. The van der Waals surface area contributed by atoms with Gasteiger partial charge in [0, 0.05) is 5.02 Å². The molecule has 0 aromatic heterocycles. The number of carbonyl (C=O) groups excluding carboxylic acids is 1. The van der Waals surface area contributed by atoms with Gasteiger partial charge in [-0.25, -0.2) is 4.79 Å². The van der Waals surface area contributed by atoms with E-state index >= 15 is 0 Å². The third kappa shape index (κ3) is 3.22. The Labute approximate surface area is 139 Å². The van der Waals surface area contributed by atoms with Crippen molar-refractivity contribution in [3.63, 3.8) is 0 Å². The van der Waals surface area contributed by atoms with Crippen LogP contribution in [0.15, 0.2) is 59.7 Å². The number of esters is 1. The van der Waals surface area contributed by atoms with Gasteiger partial charge >= 0.3 is 5.97 Å². The molecule has 2 N–H and O–H groups in total. The summed E-state index contributed by atoms with van der Waals surface area (Å²) in [6.45, 7) is 5.14. The van der Waals surface area contributed by atoms with Crippen LogP contribution >= 0.6 is 11.6 Å². The fraction of sp³-hybridized carbons (Fsp3) is 0.176. The smallest absolute Gasteiger partial charge is 0.338 e. The van der Waals surface area contributed by atoms with Crippen molar-refractivity contribution in [2.24, 2.45) is 5.73 Å². The zero-order valence-corrected chi connectivity index (χ0v) is 13.3. The first kappa shape index (κ1) is 16.7. The topological polar surface area (TPSA) is 85.3 Å². The Morgan fingerprint density at radius 2 is 2.26 bits per heavy atom. The van der Waals surface area contributed by atoms with Gasteiger partial charge in [-0.1, -0.05) is 42.5 Å². The van der Waals surface area contributed by atoms with Gasteiger partial charge in [0.2, 0.25) is 5.88 Å². The first-order valence-electron chi connectivity index (χ1n) is 6.82. The van der Waals surface area contributed by atoms with E-state index in [9.17, 15) is 10.1 Å². The van der Waals surface area contributed by atoms with E-state index in [-0.39, 0.29) is 29.4 Å². The van der Waals surface area contributed by atoms with Crippen molar-refractivity contribution < 1.29 is 14.3 Å². The predicted octanol–water partition coefficient (Wildman–Crippen LogP) is 3.15. The Balaban J connectivity index is 2.60. The van der Waals surface area contributed by atoms with E-state index in [0.29, 0.717) is 10.6 Å². The summed E-state index contributed by atoms with van der Waals surface area (Å²) in [6.07, 6.45) is 1.46. The molecule has 1 heterocycles. The second-order valence-electron chi connectivity index (χ2n) is 4.80. The van der Waals surface area contributed by atoms with Gasteiger partial charge in [0.25, 0.3) is 0 Å². The number of nitriles is 1. The fourth-order valence-electron chi connectivity index (χ4n) is 2.38. The van der Waals surface area contributed by atoms with Gasteiger partial charge in [0.05, 0.1) is 11.5 Å². The highest BCUT2D eigenvalue weighted by atomic mass is 35.5. The highest BCUT2D eigenvalue weighted by molar-refractivity contribution is 6.31. The van der Waals surface area contributed by atoms with Gasteiger partial charge in [-0.05, 0) is 18.6 Å². The maximum atomic E-state index is 12.4. The number of halogens is 1. The molecule has 1 unspecified atom stereocenters. The van der Waals surface area contributed by atoms with Crippen molar-refractivity contribution in [3.05, 3.63) is 70.3 Å². The van der Waals surface area contributed by atoms with Crippen LogP contribution in [0.1, 0.15) is 18.4 Å². The summed E-state index contributed by atoms with van der Waals surface area (Å²) in [7, 11) is 0. The van der Waals surface area contributed by atoms with E-state index in [4.69, 9.17) is 26.8 Å². The van der Waals surface area contributed by atoms with Gasteiger partial charge in [-0.2, -0.15) is 5.26 Å². The van der Waals surface area contributed by atoms with E-state index < -0.39 is 11.9 Å². The minimum atomic E-state index is -0.736. The van der Waals surface area contributed by atoms with Crippen LogP contribution in [0, 0.1) is 11.3 Å². The second-order valence-corrected chi connectivity index (χ2v) is 5.21. The molecule has 0 fully saturated rings. The molecule has 6 heteroatoms. The predicted molar refractivity (Wildman–Crippen MR) is 86.0 cm³/mol. The summed E-state index contributed by atoms with van der Waals surface area (Å²) in [5.41, 5.74) is 6.71. The minimum absolute atomic E-state index is 0.0461. The maximum absolute atomic E-state index is 12.4. The van der Waals surface area contributed by atoms with Crippen LogP contribution in [0.2, 0.25) is 5.02 Å². The van der Waals surface area contributed by atoms with Crippen LogP contribution in [0.4, 0.5) is 0 Å². The van der Waals surface area contributed by atoms with E-state index in [0.717, 1.165) is 0 Å². The fourth-order valence-corrected chi connectivity index (χ4v) is 2.62. The molecular weight excluding hydrogens is 316 g/mol. The molecule has 1 aliphatic heterocycles. The number of benzene rings is 1. The monoisotopic (exact) mass is 330 g/mol. The minimum Gasteiger partial charge on any atom is -0.458 e. The summed E-state index contributed by atoms with van der Waals surface area (Å²) in [5, 5.41) is 9.86. The SMILES string of the molecule is C=CCOC(=O)C1=C(C)OC(N)=C(C#N)C1c1ccccc1Cl. The molecule has 0 amide bonds. The lowest BCUT2D eigenvalue weighted by molar-refractivity contribution is -0.138. The van der Waals surface area contributed by atoms with Crippen LogP contribution in [-0.4, -0.2) is 12.6 Å². The molecule has 0 bridgehead atoms. The Morgan fingerprint density at radius 1 is 1.57 bits per heavy atom. The van der Waals surface area contributed by atoms with Crippen LogP contribution < -0.4 is 5.73 Å². The highest BCUT2D eigenvalue weighted by Crippen LogP contribution is 2.41. The standard InChI is InChI=1S/C17H15ClN2O3/c1-3-8-22-17(21)14-10(2)23-16(20)12(9-19)15(14)11-6-4-5-7-13(11)18/h3-7,15H,1,8,20H2,2H3.